The molecule has 4 heteroatoms. The van der Waals surface area contributed by atoms with Crippen LogP contribution >= 0.6 is 11.6 Å². The van der Waals surface area contributed by atoms with Crippen molar-refractivity contribution in [2.75, 3.05) is 0 Å². The molecule has 1 aromatic carbocycles. The molecule has 1 heterocycles. The number of benzene rings is 1. The first-order valence-corrected chi connectivity index (χ1v) is 5.00. The maximum absolute atomic E-state index is 12.7. The number of hydrogen-bond donors (Lipinski definition) is 1. The summed E-state index contributed by atoms with van der Waals surface area (Å²) in [6.45, 7) is 1.91. The van der Waals surface area contributed by atoms with Crippen LogP contribution in [0.1, 0.15) is 12.5 Å². The van der Waals surface area contributed by atoms with Gasteiger partial charge >= 0.3 is 0 Å². The molecule has 2 nitrogen and oxygen atoms in total. The van der Waals surface area contributed by atoms with E-state index in [9.17, 15) is 4.39 Å². The van der Waals surface area contributed by atoms with Crippen LogP contribution in [-0.4, -0.2) is 11.9 Å². The summed E-state index contributed by atoms with van der Waals surface area (Å²) in [5.74, 6) is 0.462. The number of amidine groups is 1. The first-order valence-electron chi connectivity index (χ1n) is 4.62. The van der Waals surface area contributed by atoms with Gasteiger partial charge in [-0.2, -0.15) is 0 Å². The third-order valence-electron chi connectivity index (χ3n) is 2.19. The van der Waals surface area contributed by atoms with Gasteiger partial charge in [-0.3, -0.25) is 4.99 Å². The molecule has 1 N–H and O–H groups in total. The summed E-state index contributed by atoms with van der Waals surface area (Å²) in [6, 6.07) is 6.13. The lowest BCUT2D eigenvalue weighted by Crippen LogP contribution is -2.26. The fraction of sp³-hybridized carbons (Fsp3) is 0.182. The number of nitrogens with one attached hydrogen (secondary N) is 1. The fourth-order valence-electron chi connectivity index (χ4n) is 1.32. The van der Waals surface area contributed by atoms with Crippen molar-refractivity contribution in [1.82, 2.24) is 5.32 Å². The molecule has 0 amide bonds. The second kappa shape index (κ2) is 4.03. The molecule has 0 radical (unpaired) electrons. The van der Waals surface area contributed by atoms with Gasteiger partial charge in [0.05, 0.1) is 11.1 Å². The normalized spacial score (nSPS) is 20.3. The van der Waals surface area contributed by atoms with Crippen LogP contribution in [0, 0.1) is 5.82 Å². The van der Waals surface area contributed by atoms with Crippen LogP contribution in [0.25, 0.3) is 0 Å². The van der Waals surface area contributed by atoms with Crippen molar-refractivity contribution in [1.29, 1.82) is 0 Å². The van der Waals surface area contributed by atoms with E-state index in [1.807, 2.05) is 6.92 Å². The molecule has 0 saturated carbocycles. The van der Waals surface area contributed by atoms with Gasteiger partial charge in [0.25, 0.3) is 0 Å². The summed E-state index contributed by atoms with van der Waals surface area (Å²) in [4.78, 5) is 4.35. The zero-order chi connectivity index (χ0) is 10.8. The summed E-state index contributed by atoms with van der Waals surface area (Å²) in [5, 5.41) is 3.64. The number of aliphatic imine (C=N–C) groups is 1. The van der Waals surface area contributed by atoms with Gasteiger partial charge in [-0.05, 0) is 31.2 Å². The van der Waals surface area contributed by atoms with Crippen LogP contribution < -0.4 is 5.32 Å². The Morgan fingerprint density at radius 2 is 2.00 bits per heavy atom. The Hall–Kier alpha value is -1.35. The maximum atomic E-state index is 12.7. The number of hydrogen-bond acceptors (Lipinski definition) is 2. The molecule has 1 aromatic rings. The van der Waals surface area contributed by atoms with E-state index in [-0.39, 0.29) is 11.9 Å². The molecule has 0 spiro atoms. The van der Waals surface area contributed by atoms with E-state index in [1.165, 1.54) is 12.1 Å². The van der Waals surface area contributed by atoms with Crippen LogP contribution in [0.4, 0.5) is 4.39 Å². The molecule has 0 fully saturated rings. The summed E-state index contributed by atoms with van der Waals surface area (Å²) in [5.41, 5.74) is 0.851. The van der Waals surface area contributed by atoms with E-state index in [4.69, 9.17) is 11.6 Å². The largest absolute Gasteiger partial charge is 0.345 e. The van der Waals surface area contributed by atoms with Crippen molar-refractivity contribution in [2.24, 2.45) is 4.99 Å². The Kier molecular flexibility index (Phi) is 2.73. The Morgan fingerprint density at radius 1 is 1.33 bits per heavy atom. The van der Waals surface area contributed by atoms with Crippen LogP contribution in [0.15, 0.2) is 40.5 Å². The summed E-state index contributed by atoms with van der Waals surface area (Å²) in [7, 11) is 0. The Balaban J connectivity index is 2.26. The Labute approximate surface area is 92.5 Å². The molecule has 0 bridgehead atoms. The SMILES string of the molecule is CC1N=C(c2ccc(F)cc2)NC=C1Cl. The molecule has 1 aliphatic heterocycles. The Morgan fingerprint density at radius 3 is 2.60 bits per heavy atom. The van der Waals surface area contributed by atoms with Gasteiger partial charge in [-0.1, -0.05) is 11.6 Å². The first kappa shape index (κ1) is 10.2. The van der Waals surface area contributed by atoms with E-state index >= 15 is 0 Å². The zero-order valence-electron chi connectivity index (χ0n) is 8.17. The first-order chi connectivity index (χ1) is 7.16. The predicted molar refractivity (Wildman–Crippen MR) is 59.5 cm³/mol. The van der Waals surface area contributed by atoms with Gasteiger partial charge in [0.15, 0.2) is 0 Å². The highest BCUT2D eigenvalue weighted by molar-refractivity contribution is 6.30. The van der Waals surface area contributed by atoms with Crippen molar-refractivity contribution in [3.63, 3.8) is 0 Å². The molecule has 1 aliphatic rings. The number of rotatable bonds is 1. The van der Waals surface area contributed by atoms with Gasteiger partial charge in [0.1, 0.15) is 11.7 Å². The van der Waals surface area contributed by atoms with Gasteiger partial charge in [0, 0.05) is 11.8 Å². The van der Waals surface area contributed by atoms with Crippen molar-refractivity contribution in [2.45, 2.75) is 13.0 Å². The highest BCUT2D eigenvalue weighted by Gasteiger charge is 2.13. The monoisotopic (exact) mass is 224 g/mol. The molecule has 15 heavy (non-hydrogen) atoms. The topological polar surface area (TPSA) is 24.4 Å². The highest BCUT2D eigenvalue weighted by Crippen LogP contribution is 2.15. The van der Waals surface area contributed by atoms with Gasteiger partial charge < -0.3 is 5.32 Å². The van der Waals surface area contributed by atoms with Crippen molar-refractivity contribution in [3.8, 4) is 0 Å². The highest BCUT2D eigenvalue weighted by atomic mass is 35.5. The number of halogens is 2. The van der Waals surface area contributed by atoms with Crippen LogP contribution in [0.3, 0.4) is 0 Å². The second-order valence-corrected chi connectivity index (χ2v) is 3.77. The molecule has 2 rings (SSSR count). The molecule has 0 aromatic heterocycles. The van der Waals surface area contributed by atoms with Crippen LogP contribution in [-0.2, 0) is 0 Å². The van der Waals surface area contributed by atoms with E-state index < -0.39 is 0 Å². The van der Waals surface area contributed by atoms with Crippen LogP contribution in [0.2, 0.25) is 0 Å². The summed E-state index contributed by atoms with van der Waals surface area (Å²) >= 11 is 5.88. The van der Waals surface area contributed by atoms with E-state index in [0.717, 1.165) is 5.56 Å². The smallest absolute Gasteiger partial charge is 0.132 e. The lowest BCUT2D eigenvalue weighted by Gasteiger charge is -2.16. The molecular formula is C11H10ClFN2. The average Bonchev–Trinajstić information content (AvgIpc) is 2.23. The Bertz CT molecular complexity index is 423. The predicted octanol–water partition coefficient (Wildman–Crippen LogP) is 2.64. The van der Waals surface area contributed by atoms with E-state index in [0.29, 0.717) is 10.9 Å². The average molecular weight is 225 g/mol. The third kappa shape index (κ3) is 2.18. The standard InChI is InChI=1S/C11H10ClFN2/c1-7-10(12)6-14-11(15-7)8-2-4-9(13)5-3-8/h2-7H,1H3,(H,14,15). The molecule has 1 unspecified atom stereocenters. The second-order valence-electron chi connectivity index (χ2n) is 3.33. The lowest BCUT2D eigenvalue weighted by atomic mass is 10.2. The van der Waals surface area contributed by atoms with E-state index in [2.05, 4.69) is 10.3 Å². The molecule has 1 atom stereocenters. The molecular weight excluding hydrogens is 215 g/mol. The van der Waals surface area contributed by atoms with E-state index in [1.54, 1.807) is 18.3 Å². The maximum Gasteiger partial charge on any atom is 0.132 e. The molecule has 78 valence electrons. The molecule has 0 aliphatic carbocycles. The number of nitrogens with zero attached hydrogens (tertiary/aromatic N) is 1. The van der Waals surface area contributed by atoms with Crippen molar-refractivity contribution >= 4 is 17.4 Å². The summed E-state index contributed by atoms with van der Waals surface area (Å²) in [6.07, 6.45) is 1.71. The van der Waals surface area contributed by atoms with Crippen molar-refractivity contribution < 1.29 is 4.39 Å². The minimum absolute atomic E-state index is 0.0482. The van der Waals surface area contributed by atoms with Gasteiger partial charge in [0.2, 0.25) is 0 Å². The van der Waals surface area contributed by atoms with Gasteiger partial charge in [-0.15, -0.1) is 0 Å². The lowest BCUT2D eigenvalue weighted by molar-refractivity contribution is 0.627. The minimum atomic E-state index is -0.253. The quantitative estimate of drug-likeness (QED) is 0.779. The molecule has 0 saturated heterocycles. The third-order valence-corrected chi connectivity index (χ3v) is 2.61. The minimum Gasteiger partial charge on any atom is -0.345 e. The fourth-order valence-corrected chi connectivity index (χ4v) is 1.42. The zero-order valence-corrected chi connectivity index (χ0v) is 8.92. The summed E-state index contributed by atoms with van der Waals surface area (Å²) < 4.78 is 12.7. The van der Waals surface area contributed by atoms with Crippen molar-refractivity contribution in [3.05, 3.63) is 46.9 Å². The van der Waals surface area contributed by atoms with Gasteiger partial charge in [-0.25, -0.2) is 4.39 Å². The van der Waals surface area contributed by atoms with Crippen LogP contribution in [0.5, 0.6) is 0 Å².